The van der Waals surface area contributed by atoms with E-state index in [0.717, 1.165) is 30.7 Å². The van der Waals surface area contributed by atoms with E-state index in [1.54, 1.807) is 37.4 Å². The highest BCUT2D eigenvalue weighted by atomic mass is 32.2. The molecule has 2 N–H and O–H groups in total. The van der Waals surface area contributed by atoms with Crippen molar-refractivity contribution in [2.24, 2.45) is 0 Å². The third kappa shape index (κ3) is 7.84. The van der Waals surface area contributed by atoms with Gasteiger partial charge in [-0.05, 0) is 104 Å². The minimum Gasteiger partial charge on any atom is -0.465 e. The van der Waals surface area contributed by atoms with Crippen molar-refractivity contribution in [3.05, 3.63) is 132 Å². The lowest BCUT2D eigenvalue weighted by molar-refractivity contribution is -0.000889. The van der Waals surface area contributed by atoms with Gasteiger partial charge in [-0.1, -0.05) is 66.0 Å². The molecule has 0 aliphatic heterocycles. The lowest BCUT2D eigenvalue weighted by Gasteiger charge is -2.15. The van der Waals surface area contributed by atoms with Crippen LogP contribution in [0, 0.1) is 0 Å². The highest BCUT2D eigenvalue weighted by Gasteiger charge is 2.12. The van der Waals surface area contributed by atoms with Gasteiger partial charge in [-0.2, -0.15) is 0 Å². The van der Waals surface area contributed by atoms with Gasteiger partial charge in [0.25, 0.3) is 0 Å². The Balaban J connectivity index is 1.33. The van der Waals surface area contributed by atoms with Gasteiger partial charge in [0.15, 0.2) is 18.4 Å². The van der Waals surface area contributed by atoms with Crippen molar-refractivity contribution in [1.29, 1.82) is 0 Å². The van der Waals surface area contributed by atoms with Crippen LogP contribution in [-0.4, -0.2) is 28.6 Å². The monoisotopic (exact) mass is 594 g/mol. The molecule has 42 heavy (non-hydrogen) atoms. The summed E-state index contributed by atoms with van der Waals surface area (Å²) in [6.07, 6.45) is -1.80. The summed E-state index contributed by atoms with van der Waals surface area (Å²) < 4.78 is 10.9. The fourth-order valence-corrected chi connectivity index (χ4v) is 6.04. The predicted molar refractivity (Wildman–Crippen MR) is 168 cm³/mol. The van der Waals surface area contributed by atoms with Crippen molar-refractivity contribution in [3.63, 3.8) is 0 Å². The second-order valence-corrected chi connectivity index (χ2v) is 11.8. The Labute approximate surface area is 254 Å². The van der Waals surface area contributed by atoms with Gasteiger partial charge >= 0.3 is 0 Å². The van der Waals surface area contributed by atoms with Gasteiger partial charge in [-0.25, -0.2) is 0 Å². The molecular weight excluding hydrogens is 565 g/mol. The van der Waals surface area contributed by atoms with Crippen molar-refractivity contribution >= 4 is 29.3 Å². The first-order valence-electron chi connectivity index (χ1n) is 13.4. The minimum absolute atomic E-state index is 0.0102. The predicted octanol–water partition coefficient (Wildman–Crippen LogP) is 8.32. The van der Waals surface area contributed by atoms with Crippen molar-refractivity contribution in [2.45, 2.75) is 46.0 Å². The molecule has 0 heterocycles. The first-order valence-corrected chi connectivity index (χ1v) is 15.1. The van der Waals surface area contributed by atoms with Crippen molar-refractivity contribution in [3.8, 4) is 22.6 Å². The molecule has 5 aromatic rings. The topological polar surface area (TPSA) is 76.0 Å². The Morgan fingerprint density at radius 3 is 1.71 bits per heavy atom. The van der Waals surface area contributed by atoms with Crippen LogP contribution < -0.4 is 9.47 Å². The molecule has 0 aliphatic rings. The van der Waals surface area contributed by atoms with Crippen LogP contribution >= 0.6 is 23.5 Å². The van der Waals surface area contributed by atoms with E-state index in [9.17, 15) is 15.0 Å². The molecule has 0 saturated heterocycles. The van der Waals surface area contributed by atoms with Crippen molar-refractivity contribution < 1.29 is 24.5 Å². The zero-order valence-electron chi connectivity index (χ0n) is 23.1. The van der Waals surface area contributed by atoms with E-state index in [-0.39, 0.29) is 5.78 Å². The molecule has 0 amide bonds. The van der Waals surface area contributed by atoms with Crippen LogP contribution in [0.5, 0.6) is 11.5 Å². The smallest absolute Gasteiger partial charge is 0.194 e. The first kappa shape index (κ1) is 29.5. The van der Waals surface area contributed by atoms with Gasteiger partial charge in [0, 0.05) is 30.7 Å². The van der Waals surface area contributed by atoms with Gasteiger partial charge in [0.2, 0.25) is 0 Å². The molecule has 7 heteroatoms. The molecule has 5 nitrogen and oxygen atoms in total. The molecule has 0 radical (unpaired) electrons. The first-order chi connectivity index (χ1) is 20.3. The second-order valence-electron chi connectivity index (χ2n) is 9.51. The van der Waals surface area contributed by atoms with Crippen LogP contribution in [0.25, 0.3) is 11.1 Å². The number of rotatable bonds is 11. The number of carbonyl (C=O) groups excluding carboxylic acids is 1. The van der Waals surface area contributed by atoms with Crippen LogP contribution in [0.1, 0.15) is 29.8 Å². The fraction of sp³-hybridized carbons (Fsp3) is 0.114. The van der Waals surface area contributed by atoms with Crippen LogP contribution in [-0.2, 0) is 0 Å². The maximum atomic E-state index is 12.7. The fourth-order valence-electron chi connectivity index (χ4n) is 4.27. The van der Waals surface area contributed by atoms with Crippen molar-refractivity contribution in [1.82, 2.24) is 0 Å². The molecule has 2 unspecified atom stereocenters. The maximum absolute atomic E-state index is 12.7. The van der Waals surface area contributed by atoms with Gasteiger partial charge in [-0.15, -0.1) is 0 Å². The Morgan fingerprint density at radius 2 is 1.10 bits per heavy atom. The largest absolute Gasteiger partial charge is 0.465 e. The summed E-state index contributed by atoms with van der Waals surface area (Å²) in [5, 5.41) is 19.2. The lowest BCUT2D eigenvalue weighted by Crippen LogP contribution is -2.09. The number of ether oxygens (including phenoxy) is 2. The molecule has 0 bridgehead atoms. The number of benzene rings is 5. The van der Waals surface area contributed by atoms with Gasteiger partial charge in [0.1, 0.15) is 11.5 Å². The summed E-state index contributed by atoms with van der Waals surface area (Å²) in [5.41, 5.74) is 3.32. The van der Waals surface area contributed by atoms with Crippen LogP contribution in [0.4, 0.5) is 0 Å². The Morgan fingerprint density at radius 1 is 0.595 bits per heavy atom. The van der Waals surface area contributed by atoms with E-state index >= 15 is 0 Å². The number of ketones is 1. The minimum atomic E-state index is -0.925. The number of carbonyl (C=O) groups is 1. The van der Waals surface area contributed by atoms with Crippen LogP contribution in [0.2, 0.25) is 0 Å². The zero-order valence-corrected chi connectivity index (χ0v) is 24.8. The standard InChI is InChI=1S/C35H30O5S2/c1-23(36)39-28-12-19-32(20-13-28)42-34-21-14-29(40-24(2)37)22-33(34)25-8-15-30(16-9-25)41-31-17-10-27(11-18-31)35(38)26-6-4-3-5-7-26/h3-24,36-37H,1-2H3. The summed E-state index contributed by atoms with van der Waals surface area (Å²) in [6, 6.07) is 38.6. The molecule has 0 aromatic heterocycles. The number of aliphatic hydroxyl groups is 2. The number of aliphatic hydroxyl groups excluding tert-OH is 2. The third-order valence-electron chi connectivity index (χ3n) is 6.17. The van der Waals surface area contributed by atoms with E-state index in [2.05, 4.69) is 24.3 Å². The SMILES string of the molecule is CC(O)Oc1ccc(Sc2ccc(OC(C)O)cc2-c2ccc(Sc3ccc(C(=O)c4ccccc4)cc3)cc2)cc1. The second kappa shape index (κ2) is 13.8. The van der Waals surface area contributed by atoms with E-state index in [1.807, 2.05) is 97.1 Å². The van der Waals surface area contributed by atoms with E-state index in [1.165, 1.54) is 0 Å². The summed E-state index contributed by atoms with van der Waals surface area (Å²) in [7, 11) is 0. The summed E-state index contributed by atoms with van der Waals surface area (Å²) in [6.45, 7) is 3.15. The molecular formula is C35H30O5S2. The maximum Gasteiger partial charge on any atom is 0.194 e. The molecule has 0 spiro atoms. The summed E-state index contributed by atoms with van der Waals surface area (Å²) >= 11 is 3.23. The lowest BCUT2D eigenvalue weighted by atomic mass is 10.0. The Kier molecular flexibility index (Phi) is 9.66. The van der Waals surface area contributed by atoms with E-state index < -0.39 is 12.6 Å². The van der Waals surface area contributed by atoms with E-state index in [4.69, 9.17) is 9.47 Å². The molecule has 2 atom stereocenters. The van der Waals surface area contributed by atoms with Crippen LogP contribution in [0.3, 0.4) is 0 Å². The third-order valence-corrected chi connectivity index (χ3v) is 8.27. The van der Waals surface area contributed by atoms with Crippen molar-refractivity contribution in [2.75, 3.05) is 0 Å². The average Bonchev–Trinajstić information content (AvgIpc) is 2.99. The van der Waals surface area contributed by atoms with E-state index in [0.29, 0.717) is 22.6 Å². The molecule has 212 valence electrons. The highest BCUT2D eigenvalue weighted by molar-refractivity contribution is 7.99. The number of hydrogen-bond acceptors (Lipinski definition) is 7. The number of hydrogen-bond donors (Lipinski definition) is 2. The molecule has 0 fully saturated rings. The quantitative estimate of drug-likeness (QED) is 0.118. The average molecular weight is 595 g/mol. The molecule has 5 rings (SSSR count). The van der Waals surface area contributed by atoms with Gasteiger partial charge in [0.05, 0.1) is 0 Å². The van der Waals surface area contributed by atoms with Gasteiger partial charge in [-0.3, -0.25) is 4.79 Å². The molecule has 0 saturated carbocycles. The normalized spacial score (nSPS) is 12.4. The highest BCUT2D eigenvalue weighted by Crippen LogP contribution is 2.40. The summed E-state index contributed by atoms with van der Waals surface area (Å²) in [5.74, 6) is 1.19. The zero-order chi connectivity index (χ0) is 29.5. The summed E-state index contributed by atoms with van der Waals surface area (Å²) in [4.78, 5) is 16.9. The van der Waals surface area contributed by atoms with Gasteiger partial charge < -0.3 is 19.7 Å². The Bertz CT molecular complexity index is 1620. The molecule has 5 aromatic carbocycles. The Hall–Kier alpha value is -4.01. The van der Waals surface area contributed by atoms with Crippen LogP contribution in [0.15, 0.2) is 141 Å². The molecule has 0 aliphatic carbocycles.